The molecule has 0 aliphatic carbocycles. The van der Waals surface area contributed by atoms with Crippen molar-refractivity contribution in [2.75, 3.05) is 37.6 Å². The van der Waals surface area contributed by atoms with E-state index < -0.39 is 0 Å². The van der Waals surface area contributed by atoms with E-state index in [9.17, 15) is 0 Å². The molecule has 1 N–H and O–H groups in total. The summed E-state index contributed by atoms with van der Waals surface area (Å²) >= 11 is 0. The maximum atomic E-state index is 3.79. The molecule has 140 valence electrons. The van der Waals surface area contributed by atoms with E-state index >= 15 is 0 Å². The first-order valence-corrected chi connectivity index (χ1v) is 10.1. The highest BCUT2D eigenvalue weighted by Crippen LogP contribution is 2.16. The molecule has 3 rings (SSSR count). The lowest BCUT2D eigenvalue weighted by atomic mass is 10.0. The van der Waals surface area contributed by atoms with E-state index in [0.29, 0.717) is 6.04 Å². The van der Waals surface area contributed by atoms with E-state index in [1.807, 2.05) is 0 Å². The topological polar surface area (TPSA) is 18.5 Å². The number of benzene rings is 2. The van der Waals surface area contributed by atoms with Gasteiger partial charge in [0.1, 0.15) is 0 Å². The third kappa shape index (κ3) is 5.58. The highest BCUT2D eigenvalue weighted by molar-refractivity contribution is 5.48. The van der Waals surface area contributed by atoms with Crippen molar-refractivity contribution in [3.05, 3.63) is 65.7 Å². The lowest BCUT2D eigenvalue weighted by Gasteiger charge is -2.33. The van der Waals surface area contributed by atoms with Crippen molar-refractivity contribution >= 4 is 5.69 Å². The van der Waals surface area contributed by atoms with Crippen LogP contribution in [0.15, 0.2) is 54.6 Å². The number of hydrogen-bond donors (Lipinski definition) is 1. The molecule has 3 nitrogen and oxygen atoms in total. The molecule has 3 heteroatoms. The van der Waals surface area contributed by atoms with Gasteiger partial charge in [0.25, 0.3) is 0 Å². The van der Waals surface area contributed by atoms with Gasteiger partial charge < -0.3 is 10.2 Å². The molecule has 0 amide bonds. The molecule has 26 heavy (non-hydrogen) atoms. The molecule has 1 fully saturated rings. The zero-order valence-electron chi connectivity index (χ0n) is 16.3. The Balaban J connectivity index is 1.38. The number of hydrogen-bond acceptors (Lipinski definition) is 3. The van der Waals surface area contributed by atoms with Gasteiger partial charge in [-0.2, -0.15) is 0 Å². The minimum atomic E-state index is 0.665. The molecule has 2 aromatic rings. The summed E-state index contributed by atoms with van der Waals surface area (Å²) in [5, 5.41) is 3.79. The van der Waals surface area contributed by atoms with Gasteiger partial charge in [0.05, 0.1) is 0 Å². The van der Waals surface area contributed by atoms with Crippen molar-refractivity contribution < 1.29 is 0 Å². The molecular formula is C23H33N3. The molecule has 1 heterocycles. The average Bonchev–Trinajstić information content (AvgIpc) is 2.67. The van der Waals surface area contributed by atoms with Crippen LogP contribution in [0.5, 0.6) is 0 Å². The second-order valence-corrected chi connectivity index (χ2v) is 7.41. The number of nitrogens with one attached hydrogen (secondary N) is 1. The maximum absolute atomic E-state index is 3.79. The van der Waals surface area contributed by atoms with E-state index in [1.54, 1.807) is 0 Å². The number of rotatable bonds is 8. The Morgan fingerprint density at radius 3 is 2.50 bits per heavy atom. The summed E-state index contributed by atoms with van der Waals surface area (Å²) in [7, 11) is 0. The van der Waals surface area contributed by atoms with Crippen LogP contribution in [0.25, 0.3) is 0 Å². The molecular weight excluding hydrogens is 318 g/mol. The fourth-order valence-corrected chi connectivity index (χ4v) is 3.83. The Hall–Kier alpha value is -1.84. The smallest absolute Gasteiger partial charge is 0.0369 e. The van der Waals surface area contributed by atoms with E-state index in [2.05, 4.69) is 83.6 Å². The van der Waals surface area contributed by atoms with Gasteiger partial charge in [-0.25, -0.2) is 0 Å². The van der Waals surface area contributed by atoms with Crippen molar-refractivity contribution in [2.24, 2.45) is 0 Å². The van der Waals surface area contributed by atoms with Gasteiger partial charge in [-0.3, -0.25) is 4.90 Å². The fraction of sp³-hybridized carbons (Fsp3) is 0.478. The van der Waals surface area contributed by atoms with Gasteiger partial charge in [-0.15, -0.1) is 0 Å². The van der Waals surface area contributed by atoms with Crippen LogP contribution >= 0.6 is 0 Å². The van der Waals surface area contributed by atoms with Crippen molar-refractivity contribution in [1.29, 1.82) is 0 Å². The summed E-state index contributed by atoms with van der Waals surface area (Å²) in [5.41, 5.74) is 4.10. The predicted octanol–water partition coefficient (Wildman–Crippen LogP) is 4.08. The molecule has 1 saturated heterocycles. The molecule has 2 aromatic carbocycles. The molecule has 0 spiro atoms. The van der Waals surface area contributed by atoms with Crippen LogP contribution in [-0.4, -0.2) is 43.7 Å². The lowest BCUT2D eigenvalue weighted by Crippen LogP contribution is -2.44. The summed E-state index contributed by atoms with van der Waals surface area (Å²) in [5.74, 6) is 0. The van der Waals surface area contributed by atoms with Crippen LogP contribution in [0.1, 0.15) is 30.9 Å². The Labute approximate surface area is 159 Å². The molecule has 0 unspecified atom stereocenters. The molecule has 0 saturated carbocycles. The summed E-state index contributed by atoms with van der Waals surface area (Å²) in [6.45, 7) is 11.1. The first kappa shape index (κ1) is 18.9. The minimum Gasteiger partial charge on any atom is -0.371 e. The summed E-state index contributed by atoms with van der Waals surface area (Å²) in [6.07, 6.45) is 2.51. The summed E-state index contributed by atoms with van der Waals surface area (Å²) in [6, 6.07) is 20.3. The SMILES string of the molecule is CCN(CCNC1CCN(Cc2ccccc2)CC1)c1cccc(C)c1. The largest absolute Gasteiger partial charge is 0.371 e. The van der Waals surface area contributed by atoms with Crippen LogP contribution in [-0.2, 0) is 6.54 Å². The Morgan fingerprint density at radius 1 is 1.04 bits per heavy atom. The average molecular weight is 352 g/mol. The van der Waals surface area contributed by atoms with Crippen LogP contribution in [0.2, 0.25) is 0 Å². The fourth-order valence-electron chi connectivity index (χ4n) is 3.83. The van der Waals surface area contributed by atoms with E-state index in [0.717, 1.165) is 26.2 Å². The van der Waals surface area contributed by atoms with Gasteiger partial charge in [-0.1, -0.05) is 42.5 Å². The van der Waals surface area contributed by atoms with Crippen LogP contribution in [0.3, 0.4) is 0 Å². The third-order valence-corrected chi connectivity index (χ3v) is 5.40. The Bertz CT molecular complexity index is 648. The number of piperidine rings is 1. The van der Waals surface area contributed by atoms with Gasteiger partial charge in [0.15, 0.2) is 0 Å². The predicted molar refractivity (Wildman–Crippen MR) is 112 cm³/mol. The number of nitrogens with zero attached hydrogens (tertiary/aromatic N) is 2. The van der Waals surface area contributed by atoms with E-state index in [4.69, 9.17) is 0 Å². The van der Waals surface area contributed by atoms with Crippen LogP contribution in [0, 0.1) is 6.92 Å². The molecule has 1 aliphatic rings. The summed E-state index contributed by atoms with van der Waals surface area (Å²) in [4.78, 5) is 5.04. The highest BCUT2D eigenvalue weighted by Gasteiger charge is 2.18. The first-order valence-electron chi connectivity index (χ1n) is 10.1. The minimum absolute atomic E-state index is 0.665. The second-order valence-electron chi connectivity index (χ2n) is 7.41. The second kappa shape index (κ2) is 9.75. The number of aryl methyl sites for hydroxylation is 1. The molecule has 0 radical (unpaired) electrons. The van der Waals surface area contributed by atoms with Crippen LogP contribution in [0.4, 0.5) is 5.69 Å². The van der Waals surface area contributed by atoms with E-state index in [1.165, 1.54) is 42.7 Å². The standard InChI is InChI=1S/C23H33N3/c1-3-26(23-11-7-8-20(2)18-23)17-14-24-22-12-15-25(16-13-22)19-21-9-5-4-6-10-21/h4-11,18,22,24H,3,12-17,19H2,1-2H3. The zero-order chi connectivity index (χ0) is 18.2. The van der Waals surface area contributed by atoms with Crippen LogP contribution < -0.4 is 10.2 Å². The monoisotopic (exact) mass is 351 g/mol. The van der Waals surface area contributed by atoms with Gasteiger partial charge >= 0.3 is 0 Å². The lowest BCUT2D eigenvalue weighted by molar-refractivity contribution is 0.191. The number of anilines is 1. The molecule has 0 aromatic heterocycles. The number of likely N-dealkylation sites (tertiary alicyclic amines) is 1. The van der Waals surface area contributed by atoms with Gasteiger partial charge in [0, 0.05) is 37.9 Å². The summed E-state index contributed by atoms with van der Waals surface area (Å²) < 4.78 is 0. The molecule has 1 aliphatic heterocycles. The Kier molecular flexibility index (Phi) is 7.10. The van der Waals surface area contributed by atoms with Crippen molar-refractivity contribution in [3.8, 4) is 0 Å². The number of likely N-dealkylation sites (N-methyl/N-ethyl adjacent to an activating group) is 1. The van der Waals surface area contributed by atoms with Crippen molar-refractivity contribution in [2.45, 2.75) is 39.3 Å². The normalized spacial score (nSPS) is 15.9. The molecule has 0 atom stereocenters. The quantitative estimate of drug-likeness (QED) is 0.773. The van der Waals surface area contributed by atoms with E-state index in [-0.39, 0.29) is 0 Å². The maximum Gasteiger partial charge on any atom is 0.0369 e. The van der Waals surface area contributed by atoms with Gasteiger partial charge in [0.2, 0.25) is 0 Å². The van der Waals surface area contributed by atoms with Gasteiger partial charge in [-0.05, 0) is 63.0 Å². The Morgan fingerprint density at radius 2 is 1.81 bits per heavy atom. The van der Waals surface area contributed by atoms with Crippen molar-refractivity contribution in [3.63, 3.8) is 0 Å². The first-order chi connectivity index (χ1) is 12.7. The highest BCUT2D eigenvalue weighted by atomic mass is 15.2. The third-order valence-electron chi connectivity index (χ3n) is 5.40. The molecule has 0 bridgehead atoms. The van der Waals surface area contributed by atoms with Crippen molar-refractivity contribution in [1.82, 2.24) is 10.2 Å². The zero-order valence-corrected chi connectivity index (χ0v) is 16.3.